The van der Waals surface area contributed by atoms with Crippen LogP contribution in [0.1, 0.15) is 29.3 Å². The summed E-state index contributed by atoms with van der Waals surface area (Å²) in [5.74, 6) is 2.11. The number of rotatable bonds is 5. The van der Waals surface area contributed by atoms with Crippen LogP contribution in [0.3, 0.4) is 0 Å². The second-order valence-corrected chi connectivity index (χ2v) is 5.41. The number of benzene rings is 2. The number of ketones is 1. The Bertz CT molecular complexity index is 749. The number of carbonyl (C=O) groups is 1. The predicted octanol–water partition coefficient (Wildman–Crippen LogP) is 3.90. The molecule has 0 saturated heterocycles. The van der Waals surface area contributed by atoms with Crippen LogP contribution in [0.2, 0.25) is 0 Å². The Morgan fingerprint density at radius 3 is 2.43 bits per heavy atom. The van der Waals surface area contributed by atoms with Gasteiger partial charge in [0.25, 0.3) is 0 Å². The summed E-state index contributed by atoms with van der Waals surface area (Å²) in [6, 6.07) is 9.78. The van der Waals surface area contributed by atoms with Crippen molar-refractivity contribution in [2.75, 3.05) is 20.8 Å². The van der Waals surface area contributed by atoms with Crippen LogP contribution >= 0.6 is 0 Å². The first-order chi connectivity index (χ1) is 11.2. The fourth-order valence-corrected chi connectivity index (χ4v) is 3.04. The number of ether oxygens (including phenoxy) is 3. The second-order valence-electron chi connectivity index (χ2n) is 5.41. The third-order valence-corrected chi connectivity index (χ3v) is 4.13. The number of carbonyl (C=O) groups excluding carboxylic acids is 1. The quantitative estimate of drug-likeness (QED) is 0.840. The summed E-state index contributed by atoms with van der Waals surface area (Å²) in [7, 11) is 3.21. The highest BCUT2D eigenvalue weighted by atomic mass is 16.5. The topological polar surface area (TPSA) is 44.8 Å². The van der Waals surface area contributed by atoms with Gasteiger partial charge in [-0.15, -0.1) is 0 Å². The van der Waals surface area contributed by atoms with E-state index in [0.29, 0.717) is 30.3 Å². The zero-order chi connectivity index (χ0) is 16.4. The van der Waals surface area contributed by atoms with Gasteiger partial charge in [-0.2, -0.15) is 0 Å². The van der Waals surface area contributed by atoms with Crippen LogP contribution in [-0.2, 0) is 6.42 Å². The van der Waals surface area contributed by atoms with Gasteiger partial charge in [-0.05, 0) is 36.6 Å². The fourth-order valence-electron chi connectivity index (χ4n) is 3.04. The van der Waals surface area contributed by atoms with E-state index in [-0.39, 0.29) is 5.78 Å². The summed E-state index contributed by atoms with van der Waals surface area (Å²) in [5, 5.41) is 0. The maximum absolute atomic E-state index is 11.8. The molecule has 0 fully saturated rings. The smallest absolute Gasteiger partial charge is 0.203 e. The third-order valence-electron chi connectivity index (χ3n) is 4.13. The van der Waals surface area contributed by atoms with Crippen molar-refractivity contribution in [3.8, 4) is 28.4 Å². The molecule has 1 aliphatic carbocycles. The minimum Gasteiger partial charge on any atom is -0.493 e. The zero-order valence-corrected chi connectivity index (χ0v) is 13.6. The Labute approximate surface area is 136 Å². The molecule has 0 aromatic heterocycles. The van der Waals surface area contributed by atoms with Crippen molar-refractivity contribution >= 4 is 5.78 Å². The molecule has 2 aromatic rings. The molecule has 1 aliphatic rings. The molecule has 0 unspecified atom stereocenters. The number of aryl methyl sites for hydroxylation is 1. The molecule has 0 heterocycles. The van der Waals surface area contributed by atoms with Crippen LogP contribution in [-0.4, -0.2) is 26.6 Å². The van der Waals surface area contributed by atoms with Gasteiger partial charge in [0.05, 0.1) is 20.8 Å². The maximum Gasteiger partial charge on any atom is 0.203 e. The van der Waals surface area contributed by atoms with Crippen molar-refractivity contribution < 1.29 is 19.0 Å². The van der Waals surface area contributed by atoms with Crippen molar-refractivity contribution in [1.29, 1.82) is 0 Å². The summed E-state index contributed by atoms with van der Waals surface area (Å²) >= 11 is 0. The van der Waals surface area contributed by atoms with Gasteiger partial charge in [0.2, 0.25) is 5.75 Å². The molecule has 4 heteroatoms. The molecule has 3 rings (SSSR count). The third kappa shape index (κ3) is 2.65. The van der Waals surface area contributed by atoms with E-state index >= 15 is 0 Å². The molecule has 0 spiro atoms. The second kappa shape index (κ2) is 6.32. The lowest BCUT2D eigenvalue weighted by molar-refractivity contribution is 0.0994. The van der Waals surface area contributed by atoms with Gasteiger partial charge < -0.3 is 14.2 Å². The van der Waals surface area contributed by atoms with E-state index in [2.05, 4.69) is 6.07 Å². The lowest BCUT2D eigenvalue weighted by Crippen LogP contribution is -2.00. The van der Waals surface area contributed by atoms with Gasteiger partial charge in [0.1, 0.15) is 0 Å². The minimum atomic E-state index is 0.226. The van der Waals surface area contributed by atoms with Gasteiger partial charge in [0, 0.05) is 17.5 Å². The van der Waals surface area contributed by atoms with Crippen molar-refractivity contribution in [1.82, 2.24) is 0 Å². The summed E-state index contributed by atoms with van der Waals surface area (Å²) in [6.07, 6.45) is 1.41. The highest BCUT2D eigenvalue weighted by Gasteiger charge is 2.22. The first kappa shape index (κ1) is 15.4. The molecule has 4 nitrogen and oxygen atoms in total. The van der Waals surface area contributed by atoms with Crippen LogP contribution in [0.25, 0.3) is 11.1 Å². The van der Waals surface area contributed by atoms with Gasteiger partial charge in [0.15, 0.2) is 17.3 Å². The molecule has 0 bridgehead atoms. The molecule has 0 aliphatic heterocycles. The average molecular weight is 312 g/mol. The maximum atomic E-state index is 11.8. The molecule has 2 aromatic carbocycles. The zero-order valence-electron chi connectivity index (χ0n) is 13.6. The monoisotopic (exact) mass is 312 g/mol. The minimum absolute atomic E-state index is 0.226. The Hall–Kier alpha value is -2.49. The Morgan fingerprint density at radius 1 is 0.957 bits per heavy atom. The van der Waals surface area contributed by atoms with E-state index in [0.717, 1.165) is 28.7 Å². The molecule has 0 radical (unpaired) electrons. The van der Waals surface area contributed by atoms with E-state index in [9.17, 15) is 4.79 Å². The van der Waals surface area contributed by atoms with Crippen molar-refractivity contribution in [2.45, 2.75) is 19.8 Å². The van der Waals surface area contributed by atoms with Crippen LogP contribution < -0.4 is 14.2 Å². The van der Waals surface area contributed by atoms with E-state index in [1.807, 2.05) is 31.2 Å². The van der Waals surface area contributed by atoms with E-state index in [1.54, 1.807) is 14.2 Å². The Balaban J connectivity index is 2.14. The van der Waals surface area contributed by atoms with Crippen molar-refractivity contribution in [3.63, 3.8) is 0 Å². The van der Waals surface area contributed by atoms with Gasteiger partial charge >= 0.3 is 0 Å². The highest BCUT2D eigenvalue weighted by molar-refractivity contribution is 6.01. The first-order valence-electron chi connectivity index (χ1n) is 7.73. The highest BCUT2D eigenvalue weighted by Crippen LogP contribution is 2.45. The summed E-state index contributed by atoms with van der Waals surface area (Å²) in [6.45, 7) is 2.46. The molecule has 23 heavy (non-hydrogen) atoms. The number of hydrogen-bond donors (Lipinski definition) is 0. The number of fused-ring (bicyclic) bond motifs is 1. The van der Waals surface area contributed by atoms with Crippen molar-refractivity contribution in [3.05, 3.63) is 41.5 Å². The summed E-state index contributed by atoms with van der Waals surface area (Å²) < 4.78 is 16.7. The molecule has 120 valence electrons. The normalized spacial score (nSPS) is 12.9. The largest absolute Gasteiger partial charge is 0.493 e. The van der Waals surface area contributed by atoms with Crippen LogP contribution in [0.4, 0.5) is 0 Å². The standard InChI is InChI=1S/C19H20O4/c1-4-23-18-15(8-10-17(21-2)19(18)22-3)13-5-7-14-12(11-13)6-9-16(14)20/h5,7-8,10-11H,4,6,9H2,1-3H3. The molecule has 0 amide bonds. The van der Waals surface area contributed by atoms with E-state index < -0.39 is 0 Å². The number of hydrogen-bond acceptors (Lipinski definition) is 4. The first-order valence-corrected chi connectivity index (χ1v) is 7.73. The molecule has 0 saturated carbocycles. The predicted molar refractivity (Wildman–Crippen MR) is 88.8 cm³/mol. The van der Waals surface area contributed by atoms with Gasteiger partial charge in [-0.1, -0.05) is 18.2 Å². The SMILES string of the molecule is CCOc1c(-c2ccc3c(c2)CCC3=O)ccc(OC)c1OC. The van der Waals surface area contributed by atoms with Gasteiger partial charge in [-0.3, -0.25) is 4.79 Å². The van der Waals surface area contributed by atoms with Crippen LogP contribution in [0, 0.1) is 0 Å². The van der Waals surface area contributed by atoms with E-state index in [4.69, 9.17) is 14.2 Å². The Morgan fingerprint density at radius 2 is 1.74 bits per heavy atom. The average Bonchev–Trinajstić information content (AvgIpc) is 2.95. The number of Topliss-reactive ketones (excluding diaryl/α,β-unsaturated/α-hetero) is 1. The van der Waals surface area contributed by atoms with Crippen molar-refractivity contribution in [2.24, 2.45) is 0 Å². The molecular weight excluding hydrogens is 292 g/mol. The molecular formula is C19H20O4. The summed E-state index contributed by atoms with van der Waals surface area (Å²) in [5.41, 5.74) is 3.89. The molecule has 0 N–H and O–H groups in total. The summed E-state index contributed by atoms with van der Waals surface area (Å²) in [4.78, 5) is 11.8. The van der Waals surface area contributed by atoms with Gasteiger partial charge in [-0.25, -0.2) is 0 Å². The van der Waals surface area contributed by atoms with E-state index in [1.165, 1.54) is 0 Å². The number of methoxy groups -OCH3 is 2. The van der Waals surface area contributed by atoms with Crippen LogP contribution in [0.5, 0.6) is 17.2 Å². The fraction of sp³-hybridized carbons (Fsp3) is 0.316. The van der Waals surface area contributed by atoms with Crippen LogP contribution in [0.15, 0.2) is 30.3 Å². The lowest BCUT2D eigenvalue weighted by atomic mass is 9.99. The lowest BCUT2D eigenvalue weighted by Gasteiger charge is -2.17. The Kier molecular flexibility index (Phi) is 4.24. The molecule has 0 atom stereocenters.